The summed E-state index contributed by atoms with van der Waals surface area (Å²) in [6.07, 6.45) is 1.18. The van der Waals surface area contributed by atoms with E-state index in [0.717, 1.165) is 17.1 Å². The zero-order chi connectivity index (χ0) is 16.0. The molecule has 0 saturated carbocycles. The van der Waals surface area contributed by atoms with Crippen LogP contribution in [0.4, 0.5) is 4.79 Å². The highest BCUT2D eigenvalue weighted by atomic mass is 16.4. The van der Waals surface area contributed by atoms with Gasteiger partial charge in [-0.2, -0.15) is 0 Å². The molecule has 6 heteroatoms. The highest BCUT2D eigenvalue weighted by Crippen LogP contribution is 2.20. The molecule has 118 valence electrons. The Morgan fingerprint density at radius 2 is 2.00 bits per heavy atom. The van der Waals surface area contributed by atoms with E-state index < -0.39 is 5.97 Å². The van der Waals surface area contributed by atoms with Crippen LogP contribution < -0.4 is 10.6 Å². The second kappa shape index (κ2) is 7.71. The first-order valence-electron chi connectivity index (χ1n) is 7.15. The average molecular weight is 296 g/mol. The maximum absolute atomic E-state index is 11.8. The van der Waals surface area contributed by atoms with Crippen molar-refractivity contribution in [3.8, 4) is 0 Å². The summed E-state index contributed by atoms with van der Waals surface area (Å²) in [5.41, 5.74) is 0.960. The lowest BCUT2D eigenvalue weighted by atomic mass is 10.1. The summed E-state index contributed by atoms with van der Waals surface area (Å²) in [5.74, 6) is 0.430. The summed E-state index contributed by atoms with van der Waals surface area (Å²) in [7, 11) is 0. The zero-order valence-electron chi connectivity index (χ0n) is 13.0. The summed E-state index contributed by atoms with van der Waals surface area (Å²) in [4.78, 5) is 22.4. The minimum Gasteiger partial charge on any atom is -0.481 e. The van der Waals surface area contributed by atoms with Crippen LogP contribution in [0.15, 0.2) is 10.5 Å². The molecule has 1 aromatic heterocycles. The van der Waals surface area contributed by atoms with Crippen LogP contribution in [0.1, 0.15) is 49.8 Å². The average Bonchev–Trinajstić information content (AvgIpc) is 2.73. The molecule has 6 nitrogen and oxygen atoms in total. The van der Waals surface area contributed by atoms with Crippen molar-refractivity contribution in [1.29, 1.82) is 0 Å². The van der Waals surface area contributed by atoms with E-state index in [1.807, 2.05) is 26.8 Å². The van der Waals surface area contributed by atoms with Gasteiger partial charge in [0.15, 0.2) is 0 Å². The standard InChI is InChI=1S/C15H24N2O4/c1-9(14(18)19)6-5-7-16-15(20)17-11(3)13-8-10(2)21-12(13)4/h8-9,11H,5-7H2,1-4H3,(H,18,19)(H2,16,17,20). The van der Waals surface area contributed by atoms with Crippen molar-refractivity contribution < 1.29 is 19.1 Å². The Balaban J connectivity index is 2.30. The number of aryl methyl sites for hydroxylation is 2. The molecule has 1 aromatic rings. The Morgan fingerprint density at radius 3 is 2.52 bits per heavy atom. The summed E-state index contributed by atoms with van der Waals surface area (Å²) >= 11 is 0. The number of hydrogen-bond donors (Lipinski definition) is 3. The first-order chi connectivity index (χ1) is 9.81. The highest BCUT2D eigenvalue weighted by Gasteiger charge is 2.15. The van der Waals surface area contributed by atoms with E-state index in [1.165, 1.54) is 0 Å². The first-order valence-corrected chi connectivity index (χ1v) is 7.15. The van der Waals surface area contributed by atoms with Gasteiger partial charge in [-0.15, -0.1) is 0 Å². The predicted octanol–water partition coefficient (Wildman–Crippen LogP) is 2.76. The van der Waals surface area contributed by atoms with Gasteiger partial charge in [0.2, 0.25) is 0 Å². The molecule has 0 aliphatic heterocycles. The lowest BCUT2D eigenvalue weighted by Gasteiger charge is -2.14. The molecular formula is C15H24N2O4. The first kappa shape index (κ1) is 17.1. The van der Waals surface area contributed by atoms with Gasteiger partial charge in [-0.25, -0.2) is 4.79 Å². The Morgan fingerprint density at radius 1 is 1.33 bits per heavy atom. The summed E-state index contributed by atoms with van der Waals surface area (Å²) in [6, 6.07) is 1.51. The highest BCUT2D eigenvalue weighted by molar-refractivity contribution is 5.74. The van der Waals surface area contributed by atoms with Crippen LogP contribution in [0, 0.1) is 19.8 Å². The van der Waals surface area contributed by atoms with Crippen LogP contribution in [0.5, 0.6) is 0 Å². The second-order valence-corrected chi connectivity index (χ2v) is 5.37. The van der Waals surface area contributed by atoms with Gasteiger partial charge in [-0.05, 0) is 39.7 Å². The lowest BCUT2D eigenvalue weighted by molar-refractivity contribution is -0.141. The van der Waals surface area contributed by atoms with Crippen molar-refractivity contribution in [1.82, 2.24) is 10.6 Å². The Bertz CT molecular complexity index is 496. The number of urea groups is 1. The number of carboxylic acids is 1. The topological polar surface area (TPSA) is 91.6 Å². The molecule has 21 heavy (non-hydrogen) atoms. The molecule has 0 radical (unpaired) electrons. The van der Waals surface area contributed by atoms with Gasteiger partial charge in [0.05, 0.1) is 12.0 Å². The number of carboxylic acid groups (broad SMARTS) is 1. The molecule has 0 aliphatic rings. The van der Waals surface area contributed by atoms with Gasteiger partial charge in [-0.1, -0.05) is 6.92 Å². The van der Waals surface area contributed by atoms with E-state index in [4.69, 9.17) is 9.52 Å². The molecular weight excluding hydrogens is 272 g/mol. The van der Waals surface area contributed by atoms with Crippen LogP contribution in [-0.2, 0) is 4.79 Å². The number of amides is 2. The van der Waals surface area contributed by atoms with Crippen molar-refractivity contribution in [2.24, 2.45) is 5.92 Å². The maximum Gasteiger partial charge on any atom is 0.315 e. The van der Waals surface area contributed by atoms with E-state index >= 15 is 0 Å². The van der Waals surface area contributed by atoms with Crippen molar-refractivity contribution in [2.75, 3.05) is 6.54 Å². The number of nitrogens with one attached hydrogen (secondary N) is 2. The number of carbonyl (C=O) groups excluding carboxylic acids is 1. The second-order valence-electron chi connectivity index (χ2n) is 5.37. The van der Waals surface area contributed by atoms with Gasteiger partial charge in [-0.3, -0.25) is 4.79 Å². The van der Waals surface area contributed by atoms with Crippen LogP contribution >= 0.6 is 0 Å². The minimum absolute atomic E-state index is 0.139. The molecule has 1 heterocycles. The van der Waals surface area contributed by atoms with Gasteiger partial charge in [0, 0.05) is 12.1 Å². The molecule has 0 fully saturated rings. The van der Waals surface area contributed by atoms with E-state index in [-0.39, 0.29) is 18.0 Å². The fraction of sp³-hybridized carbons (Fsp3) is 0.600. The van der Waals surface area contributed by atoms with E-state index in [9.17, 15) is 9.59 Å². The van der Waals surface area contributed by atoms with E-state index in [0.29, 0.717) is 19.4 Å². The largest absolute Gasteiger partial charge is 0.481 e. The predicted molar refractivity (Wildman–Crippen MR) is 79.2 cm³/mol. The van der Waals surface area contributed by atoms with E-state index in [1.54, 1.807) is 6.92 Å². The number of rotatable bonds is 7. The molecule has 2 amide bonds. The van der Waals surface area contributed by atoms with Crippen LogP contribution in [-0.4, -0.2) is 23.7 Å². The Kier molecular flexibility index (Phi) is 6.27. The monoisotopic (exact) mass is 296 g/mol. The summed E-state index contributed by atoms with van der Waals surface area (Å²) in [5, 5.41) is 14.3. The quantitative estimate of drug-likeness (QED) is 0.675. The molecule has 0 aromatic carbocycles. The SMILES string of the molecule is Cc1cc(C(C)NC(=O)NCCCC(C)C(=O)O)c(C)o1. The van der Waals surface area contributed by atoms with Gasteiger partial charge >= 0.3 is 12.0 Å². The fourth-order valence-corrected chi connectivity index (χ4v) is 2.14. The zero-order valence-corrected chi connectivity index (χ0v) is 13.0. The van der Waals surface area contributed by atoms with Crippen molar-refractivity contribution in [3.05, 3.63) is 23.2 Å². The number of hydrogen-bond acceptors (Lipinski definition) is 3. The van der Waals surface area contributed by atoms with Crippen molar-refractivity contribution >= 4 is 12.0 Å². The van der Waals surface area contributed by atoms with Crippen molar-refractivity contribution in [3.63, 3.8) is 0 Å². The normalized spacial score (nSPS) is 13.5. The van der Waals surface area contributed by atoms with Gasteiger partial charge in [0.1, 0.15) is 11.5 Å². The van der Waals surface area contributed by atoms with Gasteiger partial charge < -0.3 is 20.2 Å². The third kappa shape index (κ3) is 5.49. The Hall–Kier alpha value is -1.98. The maximum atomic E-state index is 11.8. The molecule has 0 saturated heterocycles. The molecule has 0 aliphatic carbocycles. The van der Waals surface area contributed by atoms with Crippen LogP contribution in [0.3, 0.4) is 0 Å². The fourth-order valence-electron chi connectivity index (χ4n) is 2.14. The summed E-state index contributed by atoms with van der Waals surface area (Å²) in [6.45, 7) is 7.75. The molecule has 0 spiro atoms. The third-order valence-electron chi connectivity index (χ3n) is 3.41. The molecule has 2 atom stereocenters. The number of furan rings is 1. The molecule has 3 N–H and O–H groups in total. The molecule has 2 unspecified atom stereocenters. The number of aliphatic carboxylic acids is 1. The van der Waals surface area contributed by atoms with Crippen LogP contribution in [0.2, 0.25) is 0 Å². The van der Waals surface area contributed by atoms with Gasteiger partial charge in [0.25, 0.3) is 0 Å². The van der Waals surface area contributed by atoms with E-state index in [2.05, 4.69) is 10.6 Å². The number of carbonyl (C=O) groups is 2. The Labute approximate surface area is 124 Å². The molecule has 0 bridgehead atoms. The molecule has 1 rings (SSSR count). The summed E-state index contributed by atoms with van der Waals surface area (Å²) < 4.78 is 5.44. The van der Waals surface area contributed by atoms with Crippen LogP contribution in [0.25, 0.3) is 0 Å². The third-order valence-corrected chi connectivity index (χ3v) is 3.41. The lowest BCUT2D eigenvalue weighted by Crippen LogP contribution is -2.37. The van der Waals surface area contributed by atoms with Crippen molar-refractivity contribution in [2.45, 2.75) is 46.6 Å². The smallest absolute Gasteiger partial charge is 0.315 e. The minimum atomic E-state index is -0.807.